The molecule has 0 heterocycles. The van der Waals surface area contributed by atoms with Gasteiger partial charge >= 0.3 is 0 Å². The summed E-state index contributed by atoms with van der Waals surface area (Å²) < 4.78 is 5.77. The van der Waals surface area contributed by atoms with Crippen LogP contribution in [0.2, 0.25) is 15.1 Å². The summed E-state index contributed by atoms with van der Waals surface area (Å²) in [6.07, 6.45) is 0. The fourth-order valence-corrected chi connectivity index (χ4v) is 3.10. The van der Waals surface area contributed by atoms with Crippen molar-refractivity contribution in [3.63, 3.8) is 0 Å². The van der Waals surface area contributed by atoms with Crippen molar-refractivity contribution in [3.05, 3.63) is 62.6 Å². The number of hydrogen-bond donors (Lipinski definition) is 0. The molecule has 0 N–H and O–H groups in total. The van der Waals surface area contributed by atoms with E-state index in [9.17, 15) is 0 Å². The first kappa shape index (κ1) is 15.0. The maximum atomic E-state index is 6.11. The maximum Gasteiger partial charge on any atom is 0.125 e. The van der Waals surface area contributed by atoms with Crippen molar-refractivity contribution in [2.75, 3.05) is 0 Å². The van der Waals surface area contributed by atoms with Gasteiger partial charge in [-0.15, -0.1) is 0 Å². The van der Waals surface area contributed by atoms with E-state index in [4.69, 9.17) is 39.5 Å². The highest BCUT2D eigenvalue weighted by atomic mass is 79.9. The molecule has 0 bridgehead atoms. The highest BCUT2D eigenvalue weighted by Crippen LogP contribution is 2.31. The molecule has 0 aliphatic heterocycles. The van der Waals surface area contributed by atoms with Gasteiger partial charge in [-0.05, 0) is 24.3 Å². The zero-order valence-electron chi connectivity index (χ0n) is 9.80. The Bertz CT molecular complexity index is 567. The quantitative estimate of drug-likeness (QED) is 0.581. The van der Waals surface area contributed by atoms with E-state index in [1.807, 2.05) is 18.2 Å². The first-order valence-corrected chi connectivity index (χ1v) is 7.78. The third-order valence-electron chi connectivity index (χ3n) is 2.64. The van der Waals surface area contributed by atoms with E-state index in [1.54, 1.807) is 18.2 Å². The van der Waals surface area contributed by atoms with Crippen molar-refractivity contribution in [1.29, 1.82) is 0 Å². The van der Waals surface area contributed by atoms with E-state index in [-0.39, 0.29) is 0 Å². The van der Waals surface area contributed by atoms with Gasteiger partial charge in [0.25, 0.3) is 0 Å². The maximum absolute atomic E-state index is 6.11. The normalized spacial score (nSPS) is 10.5. The Morgan fingerprint density at radius 2 is 1.37 bits per heavy atom. The summed E-state index contributed by atoms with van der Waals surface area (Å²) in [5.74, 6) is 0.723. The van der Waals surface area contributed by atoms with Crippen LogP contribution in [-0.4, -0.2) is 0 Å². The van der Waals surface area contributed by atoms with Crippen molar-refractivity contribution < 1.29 is 4.74 Å². The van der Waals surface area contributed by atoms with E-state index in [0.29, 0.717) is 27.0 Å². The van der Waals surface area contributed by atoms with Crippen LogP contribution in [0.1, 0.15) is 11.1 Å². The molecule has 0 atom stereocenters. The Morgan fingerprint density at radius 3 is 1.95 bits per heavy atom. The molecule has 2 aromatic carbocycles. The Hall–Kier alpha value is -0.410. The van der Waals surface area contributed by atoms with Crippen LogP contribution in [0, 0.1) is 0 Å². The minimum absolute atomic E-state index is 0.304. The van der Waals surface area contributed by atoms with Crippen LogP contribution in [0.5, 0.6) is 5.75 Å². The van der Waals surface area contributed by atoms with Gasteiger partial charge in [0.15, 0.2) is 0 Å². The molecule has 0 amide bonds. The lowest BCUT2D eigenvalue weighted by atomic mass is 10.2. The number of ether oxygens (including phenoxy) is 1. The zero-order chi connectivity index (χ0) is 13.8. The van der Waals surface area contributed by atoms with Gasteiger partial charge in [0.05, 0.1) is 0 Å². The third-order valence-corrected chi connectivity index (χ3v) is 4.27. The lowest BCUT2D eigenvalue weighted by Crippen LogP contribution is -1.99. The summed E-state index contributed by atoms with van der Waals surface area (Å²) in [6, 6.07) is 10.9. The molecule has 1 nitrogen and oxygen atoms in total. The molecule has 5 heteroatoms. The van der Waals surface area contributed by atoms with Crippen LogP contribution >= 0.6 is 50.7 Å². The topological polar surface area (TPSA) is 9.23 Å². The first-order chi connectivity index (χ1) is 9.13. The van der Waals surface area contributed by atoms with Crippen LogP contribution in [0.3, 0.4) is 0 Å². The van der Waals surface area contributed by atoms with Crippen LogP contribution in [0.15, 0.2) is 36.4 Å². The standard InChI is InChI=1S/C14H10BrCl3O/c15-7-9-11(16)5-2-6-14(9)19-8-10-12(17)3-1-4-13(10)18/h1-6H,7-8H2. The second-order valence-electron chi connectivity index (χ2n) is 3.84. The van der Waals surface area contributed by atoms with Crippen LogP contribution < -0.4 is 4.74 Å². The molecule has 0 spiro atoms. The predicted octanol–water partition coefficient (Wildman–Crippen LogP) is 6.12. The Labute approximate surface area is 135 Å². The van der Waals surface area contributed by atoms with Gasteiger partial charge in [0.2, 0.25) is 0 Å². The average molecular weight is 380 g/mol. The molecule has 2 aromatic rings. The fourth-order valence-electron chi connectivity index (χ4n) is 1.62. The summed E-state index contributed by atoms with van der Waals surface area (Å²) in [6.45, 7) is 0.304. The van der Waals surface area contributed by atoms with Gasteiger partial charge in [-0.2, -0.15) is 0 Å². The molecule has 0 saturated carbocycles. The van der Waals surface area contributed by atoms with Crippen molar-refractivity contribution in [2.24, 2.45) is 0 Å². The molecule has 0 fully saturated rings. The van der Waals surface area contributed by atoms with E-state index < -0.39 is 0 Å². The van der Waals surface area contributed by atoms with Gasteiger partial charge in [-0.25, -0.2) is 0 Å². The molecule has 0 saturated heterocycles. The molecule has 0 unspecified atom stereocenters. The molecule has 19 heavy (non-hydrogen) atoms. The zero-order valence-corrected chi connectivity index (χ0v) is 13.7. The second kappa shape index (κ2) is 6.85. The summed E-state index contributed by atoms with van der Waals surface area (Å²) in [5, 5.41) is 2.47. The van der Waals surface area contributed by atoms with Crippen molar-refractivity contribution in [1.82, 2.24) is 0 Å². The smallest absolute Gasteiger partial charge is 0.125 e. The highest BCUT2D eigenvalue weighted by molar-refractivity contribution is 9.08. The van der Waals surface area contributed by atoms with Crippen molar-refractivity contribution in [2.45, 2.75) is 11.9 Å². The van der Waals surface area contributed by atoms with Crippen LogP contribution in [-0.2, 0) is 11.9 Å². The Kier molecular flexibility index (Phi) is 5.40. The molecule has 0 aromatic heterocycles. The minimum Gasteiger partial charge on any atom is -0.488 e. The molecule has 0 aliphatic carbocycles. The molecule has 2 rings (SSSR count). The van der Waals surface area contributed by atoms with Gasteiger partial charge in [-0.3, -0.25) is 0 Å². The van der Waals surface area contributed by atoms with Gasteiger partial charge < -0.3 is 4.74 Å². The number of hydrogen-bond acceptors (Lipinski definition) is 1. The Balaban J connectivity index is 2.22. The largest absolute Gasteiger partial charge is 0.488 e. The molecular weight excluding hydrogens is 370 g/mol. The summed E-state index contributed by atoms with van der Waals surface area (Å²) >= 11 is 21.7. The molecular formula is C14H10BrCl3O. The highest BCUT2D eigenvalue weighted by Gasteiger charge is 2.10. The first-order valence-electron chi connectivity index (χ1n) is 5.52. The average Bonchev–Trinajstić information content (AvgIpc) is 2.38. The van der Waals surface area contributed by atoms with Crippen LogP contribution in [0.4, 0.5) is 0 Å². The summed E-state index contributed by atoms with van der Waals surface area (Å²) in [4.78, 5) is 0. The Morgan fingerprint density at radius 1 is 0.842 bits per heavy atom. The SMILES string of the molecule is Clc1cccc(Cl)c1COc1cccc(Cl)c1CBr. The molecule has 0 radical (unpaired) electrons. The van der Waals surface area contributed by atoms with E-state index >= 15 is 0 Å². The number of halogens is 4. The van der Waals surface area contributed by atoms with Crippen molar-refractivity contribution in [3.8, 4) is 5.75 Å². The molecule has 0 aliphatic rings. The van der Waals surface area contributed by atoms with E-state index in [0.717, 1.165) is 16.9 Å². The lowest BCUT2D eigenvalue weighted by molar-refractivity contribution is 0.304. The number of benzene rings is 2. The number of rotatable bonds is 4. The fraction of sp³-hybridized carbons (Fsp3) is 0.143. The molecule has 100 valence electrons. The van der Waals surface area contributed by atoms with Gasteiger partial charge in [-0.1, -0.05) is 62.9 Å². The third kappa shape index (κ3) is 3.57. The number of alkyl halides is 1. The lowest BCUT2D eigenvalue weighted by Gasteiger charge is -2.13. The van der Waals surface area contributed by atoms with Gasteiger partial charge in [0, 0.05) is 31.5 Å². The predicted molar refractivity (Wildman–Crippen MR) is 84.9 cm³/mol. The van der Waals surface area contributed by atoms with Crippen molar-refractivity contribution >= 4 is 50.7 Å². The minimum atomic E-state index is 0.304. The van der Waals surface area contributed by atoms with E-state index in [2.05, 4.69) is 15.9 Å². The summed E-state index contributed by atoms with van der Waals surface area (Å²) in [5.41, 5.74) is 1.68. The van der Waals surface area contributed by atoms with Crippen LogP contribution in [0.25, 0.3) is 0 Å². The second-order valence-corrected chi connectivity index (χ2v) is 5.62. The monoisotopic (exact) mass is 378 g/mol. The summed E-state index contributed by atoms with van der Waals surface area (Å²) in [7, 11) is 0. The van der Waals surface area contributed by atoms with Gasteiger partial charge in [0.1, 0.15) is 12.4 Å². The van der Waals surface area contributed by atoms with E-state index in [1.165, 1.54) is 0 Å².